The Balaban J connectivity index is 1.69. The van der Waals surface area contributed by atoms with Gasteiger partial charge in [-0.3, -0.25) is 4.79 Å². The Morgan fingerprint density at radius 2 is 1.85 bits per heavy atom. The van der Waals surface area contributed by atoms with Gasteiger partial charge >= 0.3 is 6.36 Å². The molecule has 1 heterocycles. The Labute approximate surface area is 153 Å². The Morgan fingerprint density at radius 3 is 2.48 bits per heavy atom. The van der Waals surface area contributed by atoms with Gasteiger partial charge in [-0.1, -0.05) is 18.2 Å². The van der Waals surface area contributed by atoms with Gasteiger partial charge in [-0.2, -0.15) is 0 Å². The van der Waals surface area contributed by atoms with Crippen LogP contribution in [0, 0.1) is 6.92 Å². The van der Waals surface area contributed by atoms with Gasteiger partial charge in [0.05, 0.1) is 5.69 Å². The molecule has 0 aliphatic carbocycles. The van der Waals surface area contributed by atoms with Gasteiger partial charge < -0.3 is 14.6 Å². The zero-order valence-corrected chi connectivity index (χ0v) is 14.3. The van der Waals surface area contributed by atoms with E-state index >= 15 is 0 Å². The number of alkyl halides is 3. The Bertz CT molecular complexity index is 934. The second-order valence-electron chi connectivity index (χ2n) is 5.73. The second-order valence-corrected chi connectivity index (χ2v) is 5.73. The van der Waals surface area contributed by atoms with Gasteiger partial charge in [0, 0.05) is 24.5 Å². The fourth-order valence-corrected chi connectivity index (χ4v) is 2.61. The molecular weight excluding hydrogens is 359 g/mol. The summed E-state index contributed by atoms with van der Waals surface area (Å²) in [6.45, 7) is 2.13. The zero-order valence-electron chi connectivity index (χ0n) is 14.3. The predicted octanol–water partition coefficient (Wildman–Crippen LogP) is 4.01. The highest BCUT2D eigenvalue weighted by atomic mass is 19.4. The highest BCUT2D eigenvalue weighted by molar-refractivity contribution is 5.94. The fraction of sp³-hybridized carbons (Fsp3) is 0.158. The molecule has 0 aliphatic rings. The lowest BCUT2D eigenvalue weighted by Gasteiger charge is -2.13. The normalized spacial score (nSPS) is 11.3. The van der Waals surface area contributed by atoms with Gasteiger partial charge in [0.15, 0.2) is 0 Å². The van der Waals surface area contributed by atoms with Crippen LogP contribution in [0.15, 0.2) is 60.9 Å². The maximum atomic E-state index is 12.3. The molecule has 1 N–H and O–H groups in total. The average molecular weight is 375 g/mol. The topological polar surface area (TPSA) is 56.2 Å². The van der Waals surface area contributed by atoms with Crippen molar-refractivity contribution in [2.45, 2.75) is 19.8 Å². The minimum atomic E-state index is -4.76. The molecule has 0 atom stereocenters. The molecule has 1 amide bonds. The number of aryl methyl sites for hydroxylation is 1. The zero-order chi connectivity index (χ0) is 19.4. The van der Waals surface area contributed by atoms with Crippen LogP contribution in [0.3, 0.4) is 0 Å². The number of benzene rings is 2. The van der Waals surface area contributed by atoms with Crippen molar-refractivity contribution in [3.63, 3.8) is 0 Å². The number of amides is 1. The van der Waals surface area contributed by atoms with E-state index in [0.29, 0.717) is 0 Å². The fourth-order valence-electron chi connectivity index (χ4n) is 2.61. The van der Waals surface area contributed by atoms with E-state index in [2.05, 4.69) is 15.0 Å². The summed E-state index contributed by atoms with van der Waals surface area (Å²) in [5.41, 5.74) is 2.01. The minimum Gasteiger partial charge on any atom is -0.406 e. The summed E-state index contributed by atoms with van der Waals surface area (Å²) < 4.78 is 42.3. The molecule has 0 saturated carbocycles. The first-order chi connectivity index (χ1) is 12.8. The summed E-state index contributed by atoms with van der Waals surface area (Å²) in [7, 11) is 0. The minimum absolute atomic E-state index is 0.237. The number of para-hydroxylation sites is 1. The number of rotatable bonds is 5. The SMILES string of the molecule is Cc1nccn1-c1ccccc1CNC(=O)c1ccc(OC(F)(F)F)cc1. The van der Waals surface area contributed by atoms with Gasteiger partial charge in [-0.25, -0.2) is 4.98 Å². The van der Waals surface area contributed by atoms with Crippen molar-refractivity contribution in [2.75, 3.05) is 0 Å². The Kier molecular flexibility index (Phi) is 5.16. The van der Waals surface area contributed by atoms with Crippen LogP contribution in [0.4, 0.5) is 13.2 Å². The molecule has 3 rings (SSSR count). The lowest BCUT2D eigenvalue weighted by atomic mass is 10.1. The third-order valence-corrected chi connectivity index (χ3v) is 3.87. The van der Waals surface area contributed by atoms with Gasteiger partial charge in [-0.05, 0) is 42.8 Å². The maximum absolute atomic E-state index is 12.3. The Hall–Kier alpha value is -3.29. The average Bonchev–Trinajstić information content (AvgIpc) is 3.05. The van der Waals surface area contributed by atoms with Gasteiger partial charge in [-0.15, -0.1) is 13.2 Å². The largest absolute Gasteiger partial charge is 0.573 e. The molecule has 0 spiro atoms. The predicted molar refractivity (Wildman–Crippen MR) is 92.6 cm³/mol. The summed E-state index contributed by atoms with van der Waals surface area (Å²) in [5.74, 6) is 0.0414. The van der Waals surface area contributed by atoms with Gasteiger partial charge in [0.1, 0.15) is 11.6 Å². The van der Waals surface area contributed by atoms with Crippen LogP contribution in [-0.4, -0.2) is 21.8 Å². The maximum Gasteiger partial charge on any atom is 0.573 e. The number of aromatic nitrogens is 2. The van der Waals surface area contributed by atoms with Crippen LogP contribution in [0.5, 0.6) is 5.75 Å². The molecule has 0 unspecified atom stereocenters. The number of nitrogens with one attached hydrogen (secondary N) is 1. The number of hydrogen-bond acceptors (Lipinski definition) is 3. The molecular formula is C19H16F3N3O2. The Morgan fingerprint density at radius 1 is 1.15 bits per heavy atom. The van der Waals surface area contributed by atoms with Crippen molar-refractivity contribution in [3.8, 4) is 11.4 Å². The van der Waals surface area contributed by atoms with E-state index in [-0.39, 0.29) is 17.9 Å². The number of imidazole rings is 1. The highest BCUT2D eigenvalue weighted by Crippen LogP contribution is 2.23. The molecule has 0 saturated heterocycles. The van der Waals surface area contributed by atoms with Crippen LogP contribution in [0.25, 0.3) is 5.69 Å². The lowest BCUT2D eigenvalue weighted by molar-refractivity contribution is -0.274. The summed E-state index contributed by atoms with van der Waals surface area (Å²) in [4.78, 5) is 16.5. The van der Waals surface area contributed by atoms with E-state index in [1.54, 1.807) is 6.20 Å². The van der Waals surface area contributed by atoms with E-state index in [0.717, 1.165) is 29.2 Å². The second kappa shape index (κ2) is 7.53. The van der Waals surface area contributed by atoms with Crippen LogP contribution in [0.1, 0.15) is 21.7 Å². The highest BCUT2D eigenvalue weighted by Gasteiger charge is 2.31. The monoisotopic (exact) mass is 375 g/mol. The molecule has 0 radical (unpaired) electrons. The number of ether oxygens (including phenoxy) is 1. The molecule has 1 aromatic heterocycles. The molecule has 0 bridgehead atoms. The van der Waals surface area contributed by atoms with E-state index in [1.807, 2.05) is 42.0 Å². The number of carbonyl (C=O) groups is 1. The first kappa shape index (κ1) is 18.5. The number of nitrogens with zero attached hydrogens (tertiary/aromatic N) is 2. The van der Waals surface area contributed by atoms with Crippen molar-refractivity contribution >= 4 is 5.91 Å². The van der Waals surface area contributed by atoms with Gasteiger partial charge in [0.2, 0.25) is 0 Å². The number of hydrogen-bond donors (Lipinski definition) is 1. The van der Waals surface area contributed by atoms with Crippen molar-refractivity contribution in [1.29, 1.82) is 0 Å². The van der Waals surface area contributed by atoms with Crippen LogP contribution in [-0.2, 0) is 6.54 Å². The molecule has 8 heteroatoms. The molecule has 140 valence electrons. The van der Waals surface area contributed by atoms with Crippen LogP contribution < -0.4 is 10.1 Å². The molecule has 3 aromatic rings. The first-order valence-corrected chi connectivity index (χ1v) is 8.06. The van der Waals surface area contributed by atoms with Crippen molar-refractivity contribution < 1.29 is 22.7 Å². The molecule has 0 aliphatic heterocycles. The molecule has 2 aromatic carbocycles. The molecule has 5 nitrogen and oxygen atoms in total. The van der Waals surface area contributed by atoms with E-state index < -0.39 is 12.3 Å². The van der Waals surface area contributed by atoms with Crippen LogP contribution >= 0.6 is 0 Å². The van der Waals surface area contributed by atoms with Crippen LogP contribution in [0.2, 0.25) is 0 Å². The van der Waals surface area contributed by atoms with Crippen molar-refractivity contribution in [2.24, 2.45) is 0 Å². The van der Waals surface area contributed by atoms with Crippen molar-refractivity contribution in [3.05, 3.63) is 77.9 Å². The summed E-state index contributed by atoms with van der Waals surface area (Å²) in [5, 5.41) is 2.77. The molecule has 0 fully saturated rings. The summed E-state index contributed by atoms with van der Waals surface area (Å²) >= 11 is 0. The molecule has 27 heavy (non-hydrogen) atoms. The lowest BCUT2D eigenvalue weighted by Crippen LogP contribution is -2.23. The standard InChI is InChI=1S/C19H16F3N3O2/c1-13-23-10-11-25(13)17-5-3-2-4-15(17)12-24-18(26)14-6-8-16(9-7-14)27-19(20,21)22/h2-11H,12H2,1H3,(H,24,26). The summed E-state index contributed by atoms with van der Waals surface area (Å²) in [6, 6.07) is 12.3. The third-order valence-electron chi connectivity index (χ3n) is 3.87. The first-order valence-electron chi connectivity index (χ1n) is 8.06. The third kappa shape index (κ3) is 4.66. The number of carbonyl (C=O) groups excluding carboxylic acids is 1. The van der Waals surface area contributed by atoms with Gasteiger partial charge in [0.25, 0.3) is 5.91 Å². The van der Waals surface area contributed by atoms with Crippen molar-refractivity contribution in [1.82, 2.24) is 14.9 Å². The van der Waals surface area contributed by atoms with E-state index in [9.17, 15) is 18.0 Å². The quantitative estimate of drug-likeness (QED) is 0.733. The summed E-state index contributed by atoms with van der Waals surface area (Å²) in [6.07, 6.45) is -1.25. The van der Waals surface area contributed by atoms with E-state index in [4.69, 9.17) is 0 Å². The number of halogens is 3. The van der Waals surface area contributed by atoms with E-state index in [1.165, 1.54) is 12.1 Å². The smallest absolute Gasteiger partial charge is 0.406 e.